The zero-order chi connectivity index (χ0) is 11.8. The summed E-state index contributed by atoms with van der Waals surface area (Å²) in [6, 6.07) is 2.57. The number of ether oxygens (including phenoxy) is 2. The molecule has 4 heteroatoms. The summed E-state index contributed by atoms with van der Waals surface area (Å²) in [5, 5.41) is 9.47. The fourth-order valence-electron chi connectivity index (χ4n) is 3.52. The number of nitriles is 1. The third kappa shape index (κ3) is 1.87. The lowest BCUT2D eigenvalue weighted by molar-refractivity contribution is -0.190. The summed E-state index contributed by atoms with van der Waals surface area (Å²) >= 11 is 0. The molecule has 2 saturated heterocycles. The summed E-state index contributed by atoms with van der Waals surface area (Å²) in [6.45, 7) is 3.33. The summed E-state index contributed by atoms with van der Waals surface area (Å²) in [4.78, 5) is 2.37. The lowest BCUT2D eigenvalue weighted by Crippen LogP contribution is -2.54. The summed E-state index contributed by atoms with van der Waals surface area (Å²) in [5.74, 6) is -0.314. The molecule has 0 radical (unpaired) electrons. The van der Waals surface area contributed by atoms with Crippen molar-refractivity contribution in [3.8, 4) is 6.07 Å². The van der Waals surface area contributed by atoms with Crippen molar-refractivity contribution in [2.45, 2.75) is 49.9 Å². The first-order chi connectivity index (χ1) is 8.29. The molecule has 2 heterocycles. The zero-order valence-electron chi connectivity index (χ0n) is 10.3. The molecular weight excluding hydrogens is 216 g/mol. The van der Waals surface area contributed by atoms with Crippen LogP contribution in [-0.2, 0) is 9.47 Å². The van der Waals surface area contributed by atoms with Crippen molar-refractivity contribution >= 4 is 0 Å². The minimum Gasteiger partial charge on any atom is -0.347 e. The molecule has 0 N–H and O–H groups in total. The molecule has 1 spiro atoms. The van der Waals surface area contributed by atoms with Gasteiger partial charge in [0.25, 0.3) is 0 Å². The van der Waals surface area contributed by atoms with Crippen molar-refractivity contribution in [2.75, 3.05) is 26.3 Å². The molecule has 1 saturated carbocycles. The van der Waals surface area contributed by atoms with E-state index in [0.717, 1.165) is 52.0 Å². The van der Waals surface area contributed by atoms with Crippen LogP contribution in [0.2, 0.25) is 0 Å². The Labute approximate surface area is 102 Å². The SMILES string of the molecule is N#CC1(N2CCC3(CC2)OCCO3)CCCC1. The Balaban J connectivity index is 1.66. The monoisotopic (exact) mass is 236 g/mol. The van der Waals surface area contributed by atoms with Crippen molar-refractivity contribution in [3.05, 3.63) is 0 Å². The predicted molar refractivity (Wildman–Crippen MR) is 62.3 cm³/mol. The highest BCUT2D eigenvalue weighted by Gasteiger charge is 2.46. The molecule has 1 aliphatic carbocycles. The van der Waals surface area contributed by atoms with E-state index in [1.165, 1.54) is 12.8 Å². The lowest BCUT2D eigenvalue weighted by atomic mass is 9.92. The molecule has 0 aromatic heterocycles. The summed E-state index contributed by atoms with van der Waals surface area (Å²) in [6.07, 6.45) is 6.30. The highest BCUT2D eigenvalue weighted by atomic mass is 16.7. The van der Waals surface area contributed by atoms with Crippen LogP contribution in [0.3, 0.4) is 0 Å². The molecule has 0 atom stereocenters. The number of hydrogen-bond acceptors (Lipinski definition) is 4. The second-order valence-corrected chi connectivity index (χ2v) is 5.45. The van der Waals surface area contributed by atoms with Gasteiger partial charge in [0.15, 0.2) is 5.79 Å². The standard InChI is InChI=1S/C13H20N2O2/c14-11-12(3-1-2-4-12)15-7-5-13(6-8-15)16-9-10-17-13/h1-10H2. The molecule has 0 bridgehead atoms. The topological polar surface area (TPSA) is 45.5 Å². The summed E-state index contributed by atoms with van der Waals surface area (Å²) < 4.78 is 11.5. The molecule has 3 fully saturated rings. The van der Waals surface area contributed by atoms with E-state index < -0.39 is 0 Å². The van der Waals surface area contributed by atoms with E-state index in [4.69, 9.17) is 9.47 Å². The van der Waals surface area contributed by atoms with Crippen molar-refractivity contribution in [2.24, 2.45) is 0 Å². The minimum absolute atomic E-state index is 0.180. The van der Waals surface area contributed by atoms with Crippen LogP contribution in [0.4, 0.5) is 0 Å². The fraction of sp³-hybridized carbons (Fsp3) is 0.923. The Kier molecular flexibility index (Phi) is 2.86. The van der Waals surface area contributed by atoms with Crippen LogP contribution in [0.15, 0.2) is 0 Å². The molecule has 4 nitrogen and oxygen atoms in total. The third-order valence-corrected chi connectivity index (χ3v) is 4.58. The Morgan fingerprint density at radius 1 is 0.941 bits per heavy atom. The summed E-state index contributed by atoms with van der Waals surface area (Å²) in [5.41, 5.74) is -0.180. The van der Waals surface area contributed by atoms with Gasteiger partial charge in [0.2, 0.25) is 0 Å². The second-order valence-electron chi connectivity index (χ2n) is 5.45. The fourth-order valence-corrected chi connectivity index (χ4v) is 3.52. The molecule has 0 amide bonds. The van der Waals surface area contributed by atoms with E-state index in [2.05, 4.69) is 11.0 Å². The number of piperidine rings is 1. The van der Waals surface area contributed by atoms with Crippen LogP contribution in [0, 0.1) is 11.3 Å². The zero-order valence-corrected chi connectivity index (χ0v) is 10.3. The maximum Gasteiger partial charge on any atom is 0.170 e. The van der Waals surface area contributed by atoms with Crippen molar-refractivity contribution < 1.29 is 9.47 Å². The Hall–Kier alpha value is -0.630. The molecule has 3 aliphatic rings. The molecule has 94 valence electrons. The Bertz CT molecular complexity index is 315. The first-order valence-electron chi connectivity index (χ1n) is 6.73. The minimum atomic E-state index is -0.314. The van der Waals surface area contributed by atoms with E-state index in [1.807, 2.05) is 0 Å². The van der Waals surface area contributed by atoms with Crippen LogP contribution in [0.1, 0.15) is 38.5 Å². The third-order valence-electron chi connectivity index (χ3n) is 4.58. The molecule has 0 aromatic rings. The molecule has 3 rings (SSSR count). The van der Waals surface area contributed by atoms with Gasteiger partial charge in [-0.25, -0.2) is 0 Å². The van der Waals surface area contributed by atoms with E-state index >= 15 is 0 Å². The highest BCUT2D eigenvalue weighted by Crippen LogP contribution is 2.39. The number of rotatable bonds is 1. The van der Waals surface area contributed by atoms with Gasteiger partial charge in [0, 0.05) is 25.9 Å². The Morgan fingerprint density at radius 3 is 2.06 bits per heavy atom. The van der Waals surface area contributed by atoms with Gasteiger partial charge >= 0.3 is 0 Å². The number of likely N-dealkylation sites (tertiary alicyclic amines) is 1. The van der Waals surface area contributed by atoms with E-state index in [1.54, 1.807) is 0 Å². The largest absolute Gasteiger partial charge is 0.347 e. The van der Waals surface area contributed by atoms with Gasteiger partial charge in [-0.05, 0) is 12.8 Å². The van der Waals surface area contributed by atoms with Crippen LogP contribution in [-0.4, -0.2) is 42.5 Å². The van der Waals surface area contributed by atoms with Gasteiger partial charge in [0.05, 0.1) is 19.3 Å². The molecule has 17 heavy (non-hydrogen) atoms. The van der Waals surface area contributed by atoms with Crippen molar-refractivity contribution in [1.82, 2.24) is 4.90 Å². The first-order valence-corrected chi connectivity index (χ1v) is 6.73. The summed E-state index contributed by atoms with van der Waals surface area (Å²) in [7, 11) is 0. The average molecular weight is 236 g/mol. The molecule has 2 aliphatic heterocycles. The maximum atomic E-state index is 9.47. The number of nitrogens with zero attached hydrogens (tertiary/aromatic N) is 2. The van der Waals surface area contributed by atoms with E-state index in [9.17, 15) is 5.26 Å². The maximum absolute atomic E-state index is 9.47. The quantitative estimate of drug-likeness (QED) is 0.694. The molecule has 0 unspecified atom stereocenters. The smallest absolute Gasteiger partial charge is 0.170 e. The second kappa shape index (κ2) is 4.24. The van der Waals surface area contributed by atoms with Gasteiger partial charge in [-0.3, -0.25) is 4.90 Å². The first kappa shape index (κ1) is 11.5. The normalized spacial score (nSPS) is 31.7. The molecule has 0 aromatic carbocycles. The van der Waals surface area contributed by atoms with Gasteiger partial charge in [-0.1, -0.05) is 12.8 Å². The van der Waals surface area contributed by atoms with Crippen molar-refractivity contribution in [1.29, 1.82) is 5.26 Å². The van der Waals surface area contributed by atoms with E-state index in [0.29, 0.717) is 0 Å². The Morgan fingerprint density at radius 2 is 1.53 bits per heavy atom. The number of hydrogen-bond donors (Lipinski definition) is 0. The molecular formula is C13H20N2O2. The highest BCUT2D eigenvalue weighted by molar-refractivity contribution is 5.12. The van der Waals surface area contributed by atoms with Crippen LogP contribution in [0.5, 0.6) is 0 Å². The van der Waals surface area contributed by atoms with Gasteiger partial charge < -0.3 is 9.47 Å². The van der Waals surface area contributed by atoms with Crippen LogP contribution in [0.25, 0.3) is 0 Å². The van der Waals surface area contributed by atoms with E-state index in [-0.39, 0.29) is 11.3 Å². The van der Waals surface area contributed by atoms with Crippen LogP contribution < -0.4 is 0 Å². The predicted octanol–water partition coefficient (Wildman–Crippen LogP) is 1.66. The average Bonchev–Trinajstić information content (AvgIpc) is 3.01. The van der Waals surface area contributed by atoms with Crippen molar-refractivity contribution in [3.63, 3.8) is 0 Å². The van der Waals surface area contributed by atoms with Crippen LogP contribution >= 0.6 is 0 Å². The van der Waals surface area contributed by atoms with Gasteiger partial charge in [-0.15, -0.1) is 0 Å². The van der Waals surface area contributed by atoms with Gasteiger partial charge in [-0.2, -0.15) is 5.26 Å². The van der Waals surface area contributed by atoms with Gasteiger partial charge in [0.1, 0.15) is 5.54 Å². The lowest BCUT2D eigenvalue weighted by Gasteiger charge is -2.43.